The SMILES string of the molecule is CC/C=C\C/C=C\C/C=C\C/C=C\C/C=C\CCCCCCCCCCCCCC(=O)OCC(COC(=O)CCCCCCC)OC(=O)CCCC/C=C\C/C=C\C/C=C\C/C=C\CC. The summed E-state index contributed by atoms with van der Waals surface area (Å²) in [4.78, 5) is 37.7. The Hall–Kier alpha value is -3.93. The number of hydrogen-bond donors (Lipinski definition) is 0. The van der Waals surface area contributed by atoms with Gasteiger partial charge >= 0.3 is 17.9 Å². The van der Waals surface area contributed by atoms with Gasteiger partial charge in [0, 0.05) is 19.3 Å². The summed E-state index contributed by atoms with van der Waals surface area (Å²) in [5.41, 5.74) is 0. The Morgan fingerprint density at radius 1 is 0.323 bits per heavy atom. The highest BCUT2D eigenvalue weighted by Gasteiger charge is 2.19. The minimum atomic E-state index is -0.797. The summed E-state index contributed by atoms with van der Waals surface area (Å²) in [7, 11) is 0. The molecule has 0 amide bonds. The van der Waals surface area contributed by atoms with Gasteiger partial charge in [0.15, 0.2) is 6.10 Å². The van der Waals surface area contributed by atoms with Crippen LogP contribution in [0.4, 0.5) is 0 Å². The number of rotatable bonds is 46. The number of carbonyl (C=O) groups is 3. The van der Waals surface area contributed by atoms with E-state index >= 15 is 0 Å². The van der Waals surface area contributed by atoms with Crippen LogP contribution in [0.15, 0.2) is 109 Å². The molecule has 0 radical (unpaired) electrons. The van der Waals surface area contributed by atoms with Gasteiger partial charge in [0.25, 0.3) is 0 Å². The van der Waals surface area contributed by atoms with Crippen molar-refractivity contribution in [2.45, 2.75) is 232 Å². The third-order valence-electron chi connectivity index (χ3n) is 10.8. The highest BCUT2D eigenvalue weighted by Crippen LogP contribution is 2.14. The Balaban J connectivity index is 4.14. The Bertz CT molecular complexity index is 1360. The minimum absolute atomic E-state index is 0.0974. The normalized spacial score (nSPS) is 13.0. The topological polar surface area (TPSA) is 78.9 Å². The first-order valence-corrected chi connectivity index (χ1v) is 26.4. The zero-order chi connectivity index (χ0) is 47.2. The summed E-state index contributed by atoms with van der Waals surface area (Å²) in [6.07, 6.45) is 71.2. The third-order valence-corrected chi connectivity index (χ3v) is 10.8. The van der Waals surface area contributed by atoms with Crippen LogP contribution in [0.1, 0.15) is 226 Å². The zero-order valence-corrected chi connectivity index (χ0v) is 42.0. The largest absolute Gasteiger partial charge is 0.462 e. The zero-order valence-electron chi connectivity index (χ0n) is 42.0. The minimum Gasteiger partial charge on any atom is -0.462 e. The van der Waals surface area contributed by atoms with E-state index in [2.05, 4.69) is 130 Å². The maximum Gasteiger partial charge on any atom is 0.306 e. The molecule has 0 aromatic heterocycles. The van der Waals surface area contributed by atoms with Gasteiger partial charge in [-0.25, -0.2) is 0 Å². The van der Waals surface area contributed by atoms with Crippen molar-refractivity contribution in [3.63, 3.8) is 0 Å². The maximum absolute atomic E-state index is 12.7. The van der Waals surface area contributed by atoms with Gasteiger partial charge in [0.1, 0.15) is 13.2 Å². The van der Waals surface area contributed by atoms with Gasteiger partial charge in [-0.2, -0.15) is 0 Å². The molecule has 1 atom stereocenters. The van der Waals surface area contributed by atoms with Crippen molar-refractivity contribution in [1.82, 2.24) is 0 Å². The smallest absolute Gasteiger partial charge is 0.306 e. The molecule has 368 valence electrons. The Kier molecular flexibility index (Phi) is 49.5. The van der Waals surface area contributed by atoms with Crippen molar-refractivity contribution in [1.29, 1.82) is 0 Å². The first-order chi connectivity index (χ1) is 32.0. The Labute approximate surface area is 400 Å². The van der Waals surface area contributed by atoms with Crippen LogP contribution < -0.4 is 0 Å². The van der Waals surface area contributed by atoms with E-state index in [1.165, 1.54) is 57.8 Å². The van der Waals surface area contributed by atoms with Gasteiger partial charge in [-0.1, -0.05) is 214 Å². The van der Waals surface area contributed by atoms with E-state index in [1.807, 2.05) is 0 Å². The first-order valence-electron chi connectivity index (χ1n) is 26.4. The van der Waals surface area contributed by atoms with E-state index in [1.54, 1.807) is 0 Å². The molecule has 0 bridgehead atoms. The van der Waals surface area contributed by atoms with E-state index in [-0.39, 0.29) is 37.5 Å². The third kappa shape index (κ3) is 50.9. The Morgan fingerprint density at radius 2 is 0.600 bits per heavy atom. The van der Waals surface area contributed by atoms with Gasteiger partial charge in [-0.15, -0.1) is 0 Å². The number of esters is 3. The molecule has 1 unspecified atom stereocenters. The molecule has 0 spiro atoms. The summed E-state index contributed by atoms with van der Waals surface area (Å²) in [5.74, 6) is -0.962. The number of ether oxygens (including phenoxy) is 3. The summed E-state index contributed by atoms with van der Waals surface area (Å²) in [5, 5.41) is 0. The number of allylic oxidation sites excluding steroid dienone is 18. The monoisotopic (exact) mass is 901 g/mol. The molecule has 0 aromatic rings. The molecule has 0 heterocycles. The van der Waals surface area contributed by atoms with Gasteiger partial charge in [0.2, 0.25) is 0 Å². The standard InChI is InChI=1S/C59H96O6/c1-4-7-10-13-15-17-19-21-23-24-25-26-27-28-29-30-31-32-33-34-36-37-39-41-43-46-49-52-58(61)64-55-56(54-63-57(60)51-48-45-12-9-6-3)65-59(62)53-50-47-44-42-40-38-35-22-20-18-16-14-11-8-5-2/h7-8,10-11,15-18,21-23,25-26,28-29,35,40,42,56H,4-6,9,12-14,19-20,24,27,30-34,36-39,41,43-55H2,1-3H3/b10-7-,11-8-,17-15-,18-16-,23-21-,26-25-,29-28-,35-22-,42-40-. The van der Waals surface area contributed by atoms with Crippen LogP contribution >= 0.6 is 0 Å². The average molecular weight is 901 g/mol. The highest BCUT2D eigenvalue weighted by atomic mass is 16.6. The maximum atomic E-state index is 12.7. The summed E-state index contributed by atoms with van der Waals surface area (Å²) < 4.78 is 16.6. The van der Waals surface area contributed by atoms with Gasteiger partial charge in [-0.3, -0.25) is 14.4 Å². The van der Waals surface area contributed by atoms with Crippen LogP contribution in [0.3, 0.4) is 0 Å². The molecule has 0 rings (SSSR count). The van der Waals surface area contributed by atoms with E-state index in [0.29, 0.717) is 19.3 Å². The molecule has 0 N–H and O–H groups in total. The molecular weight excluding hydrogens is 805 g/mol. The number of hydrogen-bond acceptors (Lipinski definition) is 6. The molecular formula is C59H96O6. The average Bonchev–Trinajstić information content (AvgIpc) is 3.30. The molecule has 0 saturated heterocycles. The second-order valence-electron chi connectivity index (χ2n) is 17.0. The predicted molar refractivity (Wildman–Crippen MR) is 279 cm³/mol. The molecule has 0 fully saturated rings. The van der Waals surface area contributed by atoms with E-state index in [4.69, 9.17) is 14.2 Å². The lowest BCUT2D eigenvalue weighted by Crippen LogP contribution is -2.30. The lowest BCUT2D eigenvalue weighted by Gasteiger charge is -2.18. The summed E-state index contributed by atoms with van der Waals surface area (Å²) >= 11 is 0. The van der Waals surface area contributed by atoms with Crippen LogP contribution in [-0.2, 0) is 28.6 Å². The van der Waals surface area contributed by atoms with Crippen LogP contribution in [0.2, 0.25) is 0 Å². The highest BCUT2D eigenvalue weighted by molar-refractivity contribution is 5.71. The molecule has 0 aliphatic heterocycles. The number of unbranched alkanes of at least 4 members (excludes halogenated alkanes) is 17. The molecule has 6 nitrogen and oxygen atoms in total. The van der Waals surface area contributed by atoms with E-state index < -0.39 is 6.10 Å². The molecule has 0 saturated carbocycles. The van der Waals surface area contributed by atoms with Crippen molar-refractivity contribution in [2.24, 2.45) is 0 Å². The molecule has 0 aliphatic rings. The van der Waals surface area contributed by atoms with Crippen LogP contribution in [0.5, 0.6) is 0 Å². The van der Waals surface area contributed by atoms with Crippen LogP contribution in [0.25, 0.3) is 0 Å². The number of carbonyl (C=O) groups excluding carboxylic acids is 3. The first kappa shape index (κ1) is 61.1. The van der Waals surface area contributed by atoms with Crippen molar-refractivity contribution >= 4 is 17.9 Å². The molecule has 65 heavy (non-hydrogen) atoms. The molecule has 0 aliphatic carbocycles. The van der Waals surface area contributed by atoms with Gasteiger partial charge in [0.05, 0.1) is 0 Å². The fraction of sp³-hybridized carbons (Fsp3) is 0.644. The van der Waals surface area contributed by atoms with Gasteiger partial charge in [-0.05, 0) is 103 Å². The second-order valence-corrected chi connectivity index (χ2v) is 17.0. The molecule has 6 heteroatoms. The fourth-order valence-electron chi connectivity index (χ4n) is 6.87. The van der Waals surface area contributed by atoms with Crippen molar-refractivity contribution in [2.75, 3.05) is 13.2 Å². The van der Waals surface area contributed by atoms with E-state index in [9.17, 15) is 14.4 Å². The van der Waals surface area contributed by atoms with E-state index in [0.717, 1.165) is 122 Å². The van der Waals surface area contributed by atoms with Crippen molar-refractivity contribution in [3.05, 3.63) is 109 Å². The predicted octanol–water partition coefficient (Wildman–Crippen LogP) is 17.5. The van der Waals surface area contributed by atoms with Crippen LogP contribution in [0, 0.1) is 0 Å². The Morgan fingerprint density at radius 3 is 0.969 bits per heavy atom. The van der Waals surface area contributed by atoms with Crippen LogP contribution in [-0.4, -0.2) is 37.2 Å². The lowest BCUT2D eigenvalue weighted by atomic mass is 10.0. The van der Waals surface area contributed by atoms with Gasteiger partial charge < -0.3 is 14.2 Å². The van der Waals surface area contributed by atoms with Crippen molar-refractivity contribution in [3.8, 4) is 0 Å². The second kappa shape index (κ2) is 52.7. The van der Waals surface area contributed by atoms with Crippen molar-refractivity contribution < 1.29 is 28.6 Å². The molecule has 0 aromatic carbocycles. The fourth-order valence-corrected chi connectivity index (χ4v) is 6.87. The quantitative estimate of drug-likeness (QED) is 0.0262. The lowest BCUT2D eigenvalue weighted by molar-refractivity contribution is -0.167. The summed E-state index contributed by atoms with van der Waals surface area (Å²) in [6, 6.07) is 0. The summed E-state index contributed by atoms with van der Waals surface area (Å²) in [6.45, 7) is 6.27.